The average Bonchev–Trinajstić information content (AvgIpc) is 3.32. The summed E-state index contributed by atoms with van der Waals surface area (Å²) in [5, 5.41) is 8.57. The zero-order valence-electron chi connectivity index (χ0n) is 16.5. The molecule has 0 spiro atoms. The van der Waals surface area contributed by atoms with Crippen LogP contribution in [0.1, 0.15) is 19.3 Å². The van der Waals surface area contributed by atoms with Gasteiger partial charge in [-0.1, -0.05) is 6.42 Å². The Morgan fingerprint density at radius 1 is 1.10 bits per heavy atom. The molecule has 1 aromatic carbocycles. The smallest absolute Gasteiger partial charge is 0.231 e. The number of fused-ring (bicyclic) bond motifs is 2. The second-order valence-corrected chi connectivity index (χ2v) is 7.50. The van der Waals surface area contributed by atoms with E-state index in [0.717, 1.165) is 35.5 Å². The second kappa shape index (κ2) is 7.40. The molecule has 0 atom stereocenters. The molecule has 0 unspecified atom stereocenters. The molecule has 1 saturated heterocycles. The van der Waals surface area contributed by atoms with Crippen LogP contribution in [0.3, 0.4) is 0 Å². The standard InChI is InChI=1S/C20H25N7O2/c1-26-18(21)16-17(13-5-6-14-15(11-13)29-12-28-14)23-20(24-19(16)25-26)22-7-10-27-8-3-2-4-9-27/h5-6,11H,2-4,7-10,12,21H2,1H3,(H,22,24,25). The highest BCUT2D eigenvalue weighted by Crippen LogP contribution is 2.38. The van der Waals surface area contributed by atoms with Crippen molar-refractivity contribution in [3.05, 3.63) is 18.2 Å². The van der Waals surface area contributed by atoms with E-state index in [0.29, 0.717) is 23.2 Å². The maximum Gasteiger partial charge on any atom is 0.231 e. The lowest BCUT2D eigenvalue weighted by Gasteiger charge is -2.26. The number of aryl methyl sites for hydroxylation is 1. The lowest BCUT2D eigenvalue weighted by Crippen LogP contribution is -2.33. The molecule has 4 heterocycles. The molecule has 152 valence electrons. The first kappa shape index (κ1) is 18.0. The predicted octanol–water partition coefficient (Wildman–Crippen LogP) is 2.24. The first-order valence-electron chi connectivity index (χ1n) is 10.1. The highest BCUT2D eigenvalue weighted by atomic mass is 16.7. The van der Waals surface area contributed by atoms with E-state index in [1.165, 1.54) is 32.4 Å². The van der Waals surface area contributed by atoms with E-state index in [4.69, 9.17) is 20.2 Å². The number of nitrogens with zero attached hydrogens (tertiary/aromatic N) is 5. The molecule has 3 N–H and O–H groups in total. The molecule has 1 fully saturated rings. The Morgan fingerprint density at radius 3 is 2.79 bits per heavy atom. The van der Waals surface area contributed by atoms with Gasteiger partial charge >= 0.3 is 0 Å². The molecule has 3 aromatic rings. The van der Waals surface area contributed by atoms with Gasteiger partial charge in [0.1, 0.15) is 5.82 Å². The van der Waals surface area contributed by atoms with Gasteiger partial charge in [0.15, 0.2) is 17.1 Å². The van der Waals surface area contributed by atoms with E-state index in [2.05, 4.69) is 20.3 Å². The van der Waals surface area contributed by atoms with Crippen LogP contribution < -0.4 is 20.5 Å². The number of benzene rings is 1. The fraction of sp³-hybridized carbons (Fsp3) is 0.450. The van der Waals surface area contributed by atoms with Crippen LogP contribution in [0.2, 0.25) is 0 Å². The number of likely N-dealkylation sites (tertiary alicyclic amines) is 1. The number of rotatable bonds is 5. The van der Waals surface area contributed by atoms with Gasteiger partial charge in [0, 0.05) is 25.7 Å². The summed E-state index contributed by atoms with van der Waals surface area (Å²) < 4.78 is 12.6. The normalized spacial score (nSPS) is 16.4. The summed E-state index contributed by atoms with van der Waals surface area (Å²) in [5.41, 5.74) is 8.48. The van der Waals surface area contributed by atoms with E-state index in [-0.39, 0.29) is 6.79 Å². The molecule has 29 heavy (non-hydrogen) atoms. The second-order valence-electron chi connectivity index (χ2n) is 7.50. The van der Waals surface area contributed by atoms with Crippen LogP contribution >= 0.6 is 0 Å². The zero-order chi connectivity index (χ0) is 19.8. The molecule has 9 nitrogen and oxygen atoms in total. The van der Waals surface area contributed by atoms with Gasteiger partial charge in [0.25, 0.3) is 0 Å². The third kappa shape index (κ3) is 3.42. The Hall–Kier alpha value is -3.07. The molecule has 2 aromatic heterocycles. The van der Waals surface area contributed by atoms with Gasteiger partial charge in [-0.05, 0) is 44.1 Å². The Morgan fingerprint density at radius 2 is 1.93 bits per heavy atom. The molecular weight excluding hydrogens is 370 g/mol. The molecule has 5 rings (SSSR count). The molecule has 0 bridgehead atoms. The van der Waals surface area contributed by atoms with Gasteiger partial charge in [0.05, 0.1) is 11.1 Å². The first-order chi connectivity index (χ1) is 14.2. The number of hydrogen-bond acceptors (Lipinski definition) is 8. The minimum Gasteiger partial charge on any atom is -0.454 e. The van der Waals surface area contributed by atoms with Crippen LogP contribution in [0, 0.1) is 0 Å². The molecule has 2 aliphatic heterocycles. The largest absolute Gasteiger partial charge is 0.454 e. The zero-order valence-corrected chi connectivity index (χ0v) is 16.5. The van der Waals surface area contributed by atoms with Crippen LogP contribution in [0.15, 0.2) is 18.2 Å². The van der Waals surface area contributed by atoms with Crippen LogP contribution in [-0.4, -0.2) is 57.6 Å². The Kier molecular flexibility index (Phi) is 4.59. The van der Waals surface area contributed by atoms with Crippen molar-refractivity contribution >= 4 is 22.8 Å². The Labute approximate surface area is 168 Å². The van der Waals surface area contributed by atoms with Crippen molar-refractivity contribution in [2.75, 3.05) is 44.0 Å². The van der Waals surface area contributed by atoms with Gasteiger partial charge in [-0.3, -0.25) is 4.68 Å². The molecular formula is C20H25N7O2. The Bertz CT molecular complexity index is 1040. The van der Waals surface area contributed by atoms with Gasteiger partial charge in [0.2, 0.25) is 12.7 Å². The lowest BCUT2D eigenvalue weighted by molar-refractivity contribution is 0.174. The number of anilines is 2. The summed E-state index contributed by atoms with van der Waals surface area (Å²) in [5.74, 6) is 2.53. The number of aromatic nitrogens is 4. The summed E-state index contributed by atoms with van der Waals surface area (Å²) in [6, 6.07) is 5.77. The first-order valence-corrected chi connectivity index (χ1v) is 10.1. The van der Waals surface area contributed by atoms with E-state index < -0.39 is 0 Å². The summed E-state index contributed by atoms with van der Waals surface area (Å²) in [6.07, 6.45) is 3.90. The number of nitrogens with one attached hydrogen (secondary N) is 1. The summed E-state index contributed by atoms with van der Waals surface area (Å²) >= 11 is 0. The van der Waals surface area contributed by atoms with Crippen molar-refractivity contribution in [3.8, 4) is 22.8 Å². The van der Waals surface area contributed by atoms with E-state index in [1.807, 2.05) is 25.2 Å². The third-order valence-corrected chi connectivity index (χ3v) is 5.55. The van der Waals surface area contributed by atoms with Crippen LogP contribution in [0.4, 0.5) is 11.8 Å². The minimum absolute atomic E-state index is 0.232. The van der Waals surface area contributed by atoms with Crippen molar-refractivity contribution in [1.82, 2.24) is 24.6 Å². The predicted molar refractivity (Wildman–Crippen MR) is 111 cm³/mol. The van der Waals surface area contributed by atoms with Crippen molar-refractivity contribution in [2.24, 2.45) is 7.05 Å². The van der Waals surface area contributed by atoms with Gasteiger partial charge < -0.3 is 25.4 Å². The summed E-state index contributed by atoms with van der Waals surface area (Å²) in [4.78, 5) is 11.9. The van der Waals surface area contributed by atoms with E-state index in [9.17, 15) is 0 Å². The Balaban J connectivity index is 1.46. The highest BCUT2D eigenvalue weighted by molar-refractivity contribution is 5.99. The molecule has 2 aliphatic rings. The number of nitrogens with two attached hydrogens (primary N) is 1. The van der Waals surface area contributed by atoms with Crippen LogP contribution in [0.25, 0.3) is 22.3 Å². The number of hydrogen-bond donors (Lipinski definition) is 2. The summed E-state index contributed by atoms with van der Waals surface area (Å²) in [6.45, 7) is 4.33. The van der Waals surface area contributed by atoms with Gasteiger partial charge in [-0.25, -0.2) is 4.98 Å². The maximum atomic E-state index is 6.27. The molecule has 0 amide bonds. The molecule has 0 radical (unpaired) electrons. The number of nitrogen functional groups attached to an aromatic ring is 1. The minimum atomic E-state index is 0.232. The van der Waals surface area contributed by atoms with Crippen molar-refractivity contribution < 1.29 is 9.47 Å². The third-order valence-electron chi connectivity index (χ3n) is 5.55. The van der Waals surface area contributed by atoms with Gasteiger partial charge in [-0.2, -0.15) is 10.1 Å². The van der Waals surface area contributed by atoms with Crippen LogP contribution in [0.5, 0.6) is 11.5 Å². The summed E-state index contributed by atoms with van der Waals surface area (Å²) in [7, 11) is 1.81. The van der Waals surface area contributed by atoms with Gasteiger partial charge in [-0.15, -0.1) is 0 Å². The van der Waals surface area contributed by atoms with Crippen molar-refractivity contribution in [1.29, 1.82) is 0 Å². The number of ether oxygens (including phenoxy) is 2. The molecule has 0 aliphatic carbocycles. The highest BCUT2D eigenvalue weighted by Gasteiger charge is 2.20. The quantitative estimate of drug-likeness (QED) is 0.678. The van der Waals surface area contributed by atoms with Crippen molar-refractivity contribution in [2.45, 2.75) is 19.3 Å². The van der Waals surface area contributed by atoms with Crippen LogP contribution in [-0.2, 0) is 7.05 Å². The molecule has 0 saturated carbocycles. The van der Waals surface area contributed by atoms with E-state index >= 15 is 0 Å². The fourth-order valence-corrected chi connectivity index (χ4v) is 3.96. The van der Waals surface area contributed by atoms with Crippen molar-refractivity contribution in [3.63, 3.8) is 0 Å². The SMILES string of the molecule is Cn1nc2nc(NCCN3CCCCC3)nc(-c3ccc4c(c3)OCO4)c2c1N. The fourth-order valence-electron chi connectivity index (χ4n) is 3.96. The lowest BCUT2D eigenvalue weighted by atomic mass is 10.1. The maximum absolute atomic E-state index is 6.27. The topological polar surface area (TPSA) is 103 Å². The monoisotopic (exact) mass is 395 g/mol. The average molecular weight is 395 g/mol. The number of piperidine rings is 1. The van der Waals surface area contributed by atoms with E-state index in [1.54, 1.807) is 4.68 Å². The molecule has 9 heteroatoms.